The van der Waals surface area contributed by atoms with Crippen molar-refractivity contribution < 1.29 is 4.74 Å². The van der Waals surface area contributed by atoms with Crippen molar-refractivity contribution in [2.75, 3.05) is 31.2 Å². The van der Waals surface area contributed by atoms with Crippen LogP contribution in [0.25, 0.3) is 5.65 Å². The lowest BCUT2D eigenvalue weighted by Gasteiger charge is -2.33. The Kier molecular flexibility index (Phi) is 6.87. The molecule has 0 bridgehead atoms. The van der Waals surface area contributed by atoms with Gasteiger partial charge in [-0.1, -0.05) is 19.4 Å². The van der Waals surface area contributed by atoms with E-state index in [0.29, 0.717) is 11.8 Å². The summed E-state index contributed by atoms with van der Waals surface area (Å²) in [7, 11) is 0. The smallest absolute Gasteiger partial charge is 0.136 e. The van der Waals surface area contributed by atoms with Crippen molar-refractivity contribution >= 4 is 11.5 Å². The van der Waals surface area contributed by atoms with Gasteiger partial charge in [0.15, 0.2) is 0 Å². The van der Waals surface area contributed by atoms with Crippen molar-refractivity contribution in [1.29, 1.82) is 0 Å². The Morgan fingerprint density at radius 3 is 2.70 bits per heavy atom. The fraction of sp³-hybridized carbons (Fsp3) is 0.467. The molecule has 2 aliphatic heterocycles. The highest BCUT2D eigenvalue weighted by atomic mass is 16.5. The number of unbranched alkanes of at least 4 members (excludes halogenated alkanes) is 1. The van der Waals surface area contributed by atoms with Gasteiger partial charge in [-0.15, -0.1) is 0 Å². The number of hydrogen-bond acceptors (Lipinski definition) is 6. The number of anilines is 1. The average molecular weight is 497 g/mol. The van der Waals surface area contributed by atoms with Crippen LogP contribution in [0.1, 0.15) is 67.5 Å². The number of pyridine rings is 2. The van der Waals surface area contributed by atoms with Gasteiger partial charge in [-0.3, -0.25) is 4.98 Å². The largest absolute Gasteiger partial charge is 0.381 e. The quantitative estimate of drug-likeness (QED) is 0.340. The Balaban J connectivity index is 1.29. The summed E-state index contributed by atoms with van der Waals surface area (Å²) in [5.41, 5.74) is 5.77. The number of hydrogen-bond donors (Lipinski definition) is 0. The summed E-state index contributed by atoms with van der Waals surface area (Å²) >= 11 is 0. The molecule has 37 heavy (non-hydrogen) atoms. The van der Waals surface area contributed by atoms with Crippen molar-refractivity contribution in [2.45, 2.75) is 58.3 Å². The normalized spacial score (nSPS) is 17.2. The molecule has 0 atom stereocenters. The summed E-state index contributed by atoms with van der Waals surface area (Å²) in [5.74, 6) is 1.90. The molecule has 4 aromatic rings. The number of ether oxygens (including phenoxy) is 1. The lowest BCUT2D eigenvalue weighted by Crippen LogP contribution is -2.33. The molecule has 0 saturated carbocycles. The highest BCUT2D eigenvalue weighted by Gasteiger charge is 2.39. The number of rotatable bonds is 8. The van der Waals surface area contributed by atoms with E-state index in [0.717, 1.165) is 92.8 Å². The van der Waals surface area contributed by atoms with Gasteiger partial charge in [-0.2, -0.15) is 0 Å². The molecule has 7 heteroatoms. The van der Waals surface area contributed by atoms with Gasteiger partial charge < -0.3 is 14.0 Å². The molecule has 6 heterocycles. The predicted octanol–water partition coefficient (Wildman–Crippen LogP) is 5.05. The maximum absolute atomic E-state index is 5.67. The van der Waals surface area contributed by atoms with E-state index in [2.05, 4.69) is 59.4 Å². The summed E-state index contributed by atoms with van der Waals surface area (Å²) in [6, 6.07) is 12.8. The lowest BCUT2D eigenvalue weighted by molar-refractivity contribution is 0.0254. The Bertz CT molecular complexity index is 1360. The van der Waals surface area contributed by atoms with E-state index >= 15 is 0 Å². The topological polar surface area (TPSA) is 68.4 Å². The molecule has 6 rings (SSSR count). The van der Waals surface area contributed by atoms with Crippen LogP contribution < -0.4 is 4.90 Å². The third-order valence-corrected chi connectivity index (χ3v) is 7.97. The highest BCUT2D eigenvalue weighted by Crippen LogP contribution is 2.41. The van der Waals surface area contributed by atoms with E-state index in [1.807, 2.05) is 16.8 Å². The second-order valence-electron chi connectivity index (χ2n) is 10.7. The zero-order valence-electron chi connectivity index (χ0n) is 21.8. The van der Waals surface area contributed by atoms with Crippen LogP contribution in [0, 0.1) is 5.41 Å². The van der Waals surface area contributed by atoms with E-state index in [9.17, 15) is 0 Å². The van der Waals surface area contributed by atoms with Crippen LogP contribution in [-0.4, -0.2) is 50.6 Å². The van der Waals surface area contributed by atoms with Crippen molar-refractivity contribution in [3.8, 4) is 0 Å². The van der Waals surface area contributed by atoms with Gasteiger partial charge in [0.1, 0.15) is 17.3 Å². The van der Waals surface area contributed by atoms with E-state index in [-0.39, 0.29) is 0 Å². The fourth-order valence-corrected chi connectivity index (χ4v) is 5.77. The molecule has 0 radical (unpaired) electrons. The first kappa shape index (κ1) is 24.0. The minimum absolute atomic E-state index is 0.365. The van der Waals surface area contributed by atoms with Crippen molar-refractivity contribution in [3.05, 3.63) is 83.5 Å². The molecule has 192 valence electrons. The SMILES string of the molecule is CCCCc1cccc(Cc2nc(Cc3ccn4ccnc4c3)cc(N3CCC4(CCOCC4)C3)n2)n1. The lowest BCUT2D eigenvalue weighted by atomic mass is 9.80. The maximum atomic E-state index is 5.67. The molecule has 0 N–H and O–H groups in total. The minimum Gasteiger partial charge on any atom is -0.381 e. The molecule has 4 aromatic heterocycles. The summed E-state index contributed by atoms with van der Waals surface area (Å²) in [4.78, 5) is 22.0. The van der Waals surface area contributed by atoms with Gasteiger partial charge in [0.05, 0.1) is 12.1 Å². The highest BCUT2D eigenvalue weighted by molar-refractivity contribution is 5.45. The number of imidazole rings is 1. The van der Waals surface area contributed by atoms with Crippen LogP contribution in [0.3, 0.4) is 0 Å². The predicted molar refractivity (Wildman–Crippen MR) is 145 cm³/mol. The zero-order chi connectivity index (χ0) is 25.1. The maximum Gasteiger partial charge on any atom is 0.136 e. The Hall–Kier alpha value is -3.32. The Morgan fingerprint density at radius 2 is 1.81 bits per heavy atom. The monoisotopic (exact) mass is 496 g/mol. The Labute approximate surface area is 219 Å². The first-order valence-corrected chi connectivity index (χ1v) is 13.7. The van der Waals surface area contributed by atoms with Crippen LogP contribution in [-0.2, 0) is 24.0 Å². The van der Waals surface area contributed by atoms with E-state index in [1.54, 1.807) is 0 Å². The number of aromatic nitrogens is 5. The van der Waals surface area contributed by atoms with Crippen LogP contribution in [0.15, 0.2) is 55.0 Å². The molecule has 0 unspecified atom stereocenters. The molecule has 0 amide bonds. The van der Waals surface area contributed by atoms with Crippen LogP contribution >= 0.6 is 0 Å². The summed E-state index contributed by atoms with van der Waals surface area (Å²) < 4.78 is 7.71. The Morgan fingerprint density at radius 1 is 0.919 bits per heavy atom. The molecule has 0 aromatic carbocycles. The third-order valence-electron chi connectivity index (χ3n) is 7.97. The average Bonchev–Trinajstić information content (AvgIpc) is 3.55. The number of aryl methyl sites for hydroxylation is 1. The molecular weight excluding hydrogens is 460 g/mol. The molecule has 0 aliphatic carbocycles. The first-order chi connectivity index (χ1) is 18.2. The van der Waals surface area contributed by atoms with Gasteiger partial charge in [-0.05, 0) is 67.3 Å². The van der Waals surface area contributed by atoms with Crippen molar-refractivity contribution in [1.82, 2.24) is 24.3 Å². The second-order valence-corrected chi connectivity index (χ2v) is 10.7. The van der Waals surface area contributed by atoms with E-state index < -0.39 is 0 Å². The van der Waals surface area contributed by atoms with Gasteiger partial charge in [0.25, 0.3) is 0 Å². The van der Waals surface area contributed by atoms with Crippen molar-refractivity contribution in [2.24, 2.45) is 5.41 Å². The molecule has 1 spiro atoms. The van der Waals surface area contributed by atoms with Gasteiger partial charge >= 0.3 is 0 Å². The minimum atomic E-state index is 0.365. The van der Waals surface area contributed by atoms with Gasteiger partial charge in [0, 0.05) is 68.8 Å². The zero-order valence-corrected chi connectivity index (χ0v) is 21.8. The van der Waals surface area contributed by atoms with Crippen molar-refractivity contribution in [3.63, 3.8) is 0 Å². The van der Waals surface area contributed by atoms with Gasteiger partial charge in [0.2, 0.25) is 0 Å². The third kappa shape index (κ3) is 5.52. The van der Waals surface area contributed by atoms with Crippen LogP contribution in [0.4, 0.5) is 5.82 Å². The van der Waals surface area contributed by atoms with E-state index in [4.69, 9.17) is 19.7 Å². The molecular formula is C30H36N6O. The number of nitrogens with zero attached hydrogens (tertiary/aromatic N) is 6. The summed E-state index contributed by atoms with van der Waals surface area (Å²) in [6.07, 6.45) is 14.1. The second kappa shape index (κ2) is 10.6. The summed E-state index contributed by atoms with van der Waals surface area (Å²) in [6.45, 7) is 6.07. The van der Waals surface area contributed by atoms with Gasteiger partial charge in [-0.25, -0.2) is 15.0 Å². The van der Waals surface area contributed by atoms with E-state index in [1.165, 1.54) is 18.4 Å². The molecule has 2 fully saturated rings. The standard InChI is InChI=1S/C30H36N6O/c1-2-3-5-24-6-4-7-25(32-24)20-27-33-26(18-23-8-13-35-15-12-31-28(35)19-23)21-29(34-27)36-14-9-30(22-36)10-16-37-17-11-30/h4,6-8,12-13,15,19,21H,2-3,5,9-11,14,16-18,20,22H2,1H3. The molecule has 7 nitrogen and oxygen atoms in total. The number of fused-ring (bicyclic) bond motifs is 1. The van der Waals surface area contributed by atoms with Crippen LogP contribution in [0.5, 0.6) is 0 Å². The summed E-state index contributed by atoms with van der Waals surface area (Å²) in [5, 5.41) is 0. The first-order valence-electron chi connectivity index (χ1n) is 13.7. The molecule has 2 saturated heterocycles. The fourth-order valence-electron chi connectivity index (χ4n) is 5.77. The molecule has 2 aliphatic rings. The van der Waals surface area contributed by atoms with Crippen LogP contribution in [0.2, 0.25) is 0 Å².